The fourth-order valence-electron chi connectivity index (χ4n) is 1.17. The van der Waals surface area contributed by atoms with Gasteiger partial charge in [0.15, 0.2) is 6.20 Å². The summed E-state index contributed by atoms with van der Waals surface area (Å²) in [6.45, 7) is 5.98. The average Bonchev–Trinajstić information content (AvgIpc) is 2.27. The second-order valence-corrected chi connectivity index (χ2v) is 5.43. The quantitative estimate of drug-likeness (QED) is 0.494. The van der Waals surface area contributed by atoms with E-state index in [2.05, 4.69) is 5.32 Å². The van der Waals surface area contributed by atoms with Gasteiger partial charge in [0.2, 0.25) is 5.91 Å². The average molecular weight is 254 g/mol. The lowest BCUT2D eigenvalue weighted by molar-refractivity contribution is -0.645. The van der Waals surface area contributed by atoms with Gasteiger partial charge in [0, 0.05) is 17.7 Å². The maximum Gasteiger partial charge on any atom is 0.251 e. The number of carbonyl (C=O) groups excluding carboxylic acids is 1. The molecular weight excluding hydrogens is 236 g/mol. The first-order valence-electron chi connectivity index (χ1n) is 5.56. The van der Waals surface area contributed by atoms with E-state index in [9.17, 15) is 10.0 Å². The maximum atomic E-state index is 11.7. The first-order chi connectivity index (χ1) is 7.94. The lowest BCUT2D eigenvalue weighted by Gasteiger charge is -2.24. The number of hydrogen-bond donors (Lipinski definition) is 1. The Balaban J connectivity index is 2.47. The molecule has 0 aliphatic heterocycles. The lowest BCUT2D eigenvalue weighted by atomic mass is 10.0. The van der Waals surface area contributed by atoms with Crippen molar-refractivity contribution in [3.8, 4) is 0 Å². The number of nitrogens with one attached hydrogen (secondary N) is 1. The molecule has 1 amide bonds. The third-order valence-electron chi connectivity index (χ3n) is 2.50. The van der Waals surface area contributed by atoms with Gasteiger partial charge in [-0.15, -0.1) is 0 Å². The SMILES string of the molecule is CCC(C)(C)NC(=O)CSc1cccc[n+]1[O-]. The summed E-state index contributed by atoms with van der Waals surface area (Å²) in [6, 6.07) is 5.15. The van der Waals surface area contributed by atoms with E-state index in [-0.39, 0.29) is 17.2 Å². The number of hydrogen-bond acceptors (Lipinski definition) is 3. The van der Waals surface area contributed by atoms with Gasteiger partial charge in [-0.3, -0.25) is 4.79 Å². The maximum absolute atomic E-state index is 11.7. The van der Waals surface area contributed by atoms with Crippen molar-refractivity contribution in [3.63, 3.8) is 0 Å². The molecule has 0 aliphatic rings. The lowest BCUT2D eigenvalue weighted by Crippen LogP contribution is -2.43. The summed E-state index contributed by atoms with van der Waals surface area (Å²) in [6.07, 6.45) is 2.30. The fourth-order valence-corrected chi connectivity index (χ4v) is 1.88. The summed E-state index contributed by atoms with van der Waals surface area (Å²) in [5, 5.41) is 14.8. The molecule has 0 fully saturated rings. The molecular formula is C12H18N2O2S. The van der Waals surface area contributed by atoms with Crippen LogP contribution < -0.4 is 10.0 Å². The molecule has 94 valence electrons. The first-order valence-corrected chi connectivity index (χ1v) is 6.55. The van der Waals surface area contributed by atoms with E-state index in [1.165, 1.54) is 18.0 Å². The highest BCUT2D eigenvalue weighted by Crippen LogP contribution is 2.13. The Hall–Kier alpha value is -1.23. The molecule has 0 saturated carbocycles. The second kappa shape index (κ2) is 5.91. The van der Waals surface area contributed by atoms with Gasteiger partial charge < -0.3 is 10.5 Å². The third-order valence-corrected chi connectivity index (χ3v) is 3.52. The number of aromatic nitrogens is 1. The molecule has 0 saturated heterocycles. The van der Waals surface area contributed by atoms with Crippen molar-refractivity contribution in [1.82, 2.24) is 5.32 Å². The highest BCUT2D eigenvalue weighted by molar-refractivity contribution is 7.99. The van der Waals surface area contributed by atoms with Gasteiger partial charge in [-0.2, -0.15) is 4.73 Å². The fraction of sp³-hybridized carbons (Fsp3) is 0.500. The minimum atomic E-state index is -0.193. The van der Waals surface area contributed by atoms with Crippen molar-refractivity contribution in [2.75, 3.05) is 5.75 Å². The van der Waals surface area contributed by atoms with Crippen LogP contribution in [0.4, 0.5) is 0 Å². The van der Waals surface area contributed by atoms with Crippen LogP contribution in [0.3, 0.4) is 0 Å². The first kappa shape index (κ1) is 13.8. The Morgan fingerprint density at radius 1 is 1.53 bits per heavy atom. The Labute approximate surface area is 106 Å². The standard InChI is InChI=1S/C12H18N2O2S/c1-4-12(2,3)13-10(15)9-17-11-7-5-6-8-14(11)16/h5-8H,4,9H2,1-3H3,(H,13,15). The minimum absolute atomic E-state index is 0.0503. The van der Waals surface area contributed by atoms with E-state index in [0.717, 1.165) is 11.2 Å². The molecule has 17 heavy (non-hydrogen) atoms. The van der Waals surface area contributed by atoms with E-state index < -0.39 is 0 Å². The summed E-state index contributed by atoms with van der Waals surface area (Å²) in [4.78, 5) is 11.7. The predicted octanol–water partition coefficient (Wildman–Crippen LogP) is 1.72. The van der Waals surface area contributed by atoms with Gasteiger partial charge in [0.25, 0.3) is 5.03 Å². The minimum Gasteiger partial charge on any atom is -0.618 e. The zero-order valence-corrected chi connectivity index (χ0v) is 11.2. The monoisotopic (exact) mass is 254 g/mol. The smallest absolute Gasteiger partial charge is 0.251 e. The van der Waals surface area contributed by atoms with Crippen LogP contribution in [-0.4, -0.2) is 17.2 Å². The Morgan fingerprint density at radius 2 is 2.24 bits per heavy atom. The highest BCUT2D eigenvalue weighted by atomic mass is 32.2. The van der Waals surface area contributed by atoms with Crippen LogP contribution in [0.2, 0.25) is 0 Å². The summed E-state index contributed by atoms with van der Waals surface area (Å²) >= 11 is 1.24. The van der Waals surface area contributed by atoms with Gasteiger partial charge in [-0.05, 0) is 38.1 Å². The van der Waals surface area contributed by atoms with Gasteiger partial charge >= 0.3 is 0 Å². The Kier molecular flexibility index (Phi) is 4.81. The Morgan fingerprint density at radius 3 is 2.82 bits per heavy atom. The van der Waals surface area contributed by atoms with Crippen molar-refractivity contribution >= 4 is 17.7 Å². The molecule has 0 aromatic carbocycles. The van der Waals surface area contributed by atoms with E-state index in [0.29, 0.717) is 5.03 Å². The number of thioether (sulfide) groups is 1. The Bertz CT molecular complexity index is 394. The molecule has 1 heterocycles. The van der Waals surface area contributed by atoms with Crippen molar-refractivity contribution in [3.05, 3.63) is 29.6 Å². The van der Waals surface area contributed by atoms with Crippen LogP contribution >= 0.6 is 11.8 Å². The number of rotatable bonds is 5. The third kappa shape index (κ3) is 4.65. The zero-order chi connectivity index (χ0) is 12.9. The molecule has 5 heteroatoms. The predicted molar refractivity (Wildman–Crippen MR) is 68.6 cm³/mol. The number of amides is 1. The van der Waals surface area contributed by atoms with Crippen molar-refractivity contribution in [2.45, 2.75) is 37.8 Å². The summed E-state index contributed by atoms with van der Waals surface area (Å²) in [7, 11) is 0. The van der Waals surface area contributed by atoms with Gasteiger partial charge in [0.05, 0.1) is 5.75 Å². The van der Waals surface area contributed by atoms with E-state index >= 15 is 0 Å². The molecule has 1 rings (SSSR count). The molecule has 0 aliphatic carbocycles. The molecule has 1 N–H and O–H groups in total. The molecule has 0 unspecified atom stereocenters. The van der Waals surface area contributed by atoms with Gasteiger partial charge in [0.1, 0.15) is 0 Å². The van der Waals surface area contributed by atoms with Gasteiger partial charge in [-0.1, -0.05) is 6.92 Å². The molecule has 4 nitrogen and oxygen atoms in total. The molecule has 0 bridgehead atoms. The summed E-state index contributed by atoms with van der Waals surface area (Å²) < 4.78 is 0.767. The number of nitrogens with zero attached hydrogens (tertiary/aromatic N) is 1. The topological polar surface area (TPSA) is 56.0 Å². The zero-order valence-electron chi connectivity index (χ0n) is 10.4. The van der Waals surface area contributed by atoms with E-state index in [1.807, 2.05) is 20.8 Å². The molecule has 0 spiro atoms. The van der Waals surface area contributed by atoms with Crippen LogP contribution in [0.15, 0.2) is 29.4 Å². The molecule has 0 atom stereocenters. The van der Waals surface area contributed by atoms with Crippen LogP contribution in [0.25, 0.3) is 0 Å². The van der Waals surface area contributed by atoms with Crippen molar-refractivity contribution in [1.29, 1.82) is 0 Å². The van der Waals surface area contributed by atoms with Crippen LogP contribution in [0.5, 0.6) is 0 Å². The van der Waals surface area contributed by atoms with Crippen molar-refractivity contribution < 1.29 is 9.52 Å². The summed E-state index contributed by atoms with van der Waals surface area (Å²) in [5.41, 5.74) is -0.193. The van der Waals surface area contributed by atoms with E-state index in [1.54, 1.807) is 18.2 Å². The van der Waals surface area contributed by atoms with Crippen molar-refractivity contribution in [2.24, 2.45) is 0 Å². The van der Waals surface area contributed by atoms with E-state index in [4.69, 9.17) is 0 Å². The largest absolute Gasteiger partial charge is 0.618 e. The normalized spacial score (nSPS) is 11.2. The highest BCUT2D eigenvalue weighted by Gasteiger charge is 2.18. The second-order valence-electron chi connectivity index (χ2n) is 4.44. The molecule has 1 aromatic heterocycles. The summed E-state index contributed by atoms with van der Waals surface area (Å²) in [5.74, 6) is 0.209. The van der Waals surface area contributed by atoms with Crippen LogP contribution in [-0.2, 0) is 4.79 Å². The van der Waals surface area contributed by atoms with Crippen LogP contribution in [0.1, 0.15) is 27.2 Å². The number of pyridine rings is 1. The number of carbonyl (C=O) groups is 1. The van der Waals surface area contributed by atoms with Crippen LogP contribution in [0, 0.1) is 5.21 Å². The van der Waals surface area contributed by atoms with Gasteiger partial charge in [-0.25, -0.2) is 0 Å². The molecule has 1 aromatic rings. The molecule has 0 radical (unpaired) electrons.